The lowest BCUT2D eigenvalue weighted by atomic mass is 9.87. The van der Waals surface area contributed by atoms with Crippen molar-refractivity contribution >= 4 is 5.69 Å². The van der Waals surface area contributed by atoms with Crippen LogP contribution in [0, 0.1) is 5.92 Å². The van der Waals surface area contributed by atoms with Crippen LogP contribution in [0.15, 0.2) is 24.3 Å². The Morgan fingerprint density at radius 1 is 1.22 bits per heavy atom. The minimum Gasteiger partial charge on any atom is -0.383 e. The van der Waals surface area contributed by atoms with Gasteiger partial charge in [-0.3, -0.25) is 0 Å². The maximum absolute atomic E-state index is 5.29. The van der Waals surface area contributed by atoms with Gasteiger partial charge in [0.05, 0.1) is 12.6 Å². The Balaban J connectivity index is 2.00. The van der Waals surface area contributed by atoms with Crippen molar-refractivity contribution in [3.8, 4) is 0 Å². The van der Waals surface area contributed by atoms with Crippen LogP contribution in [0.5, 0.6) is 0 Å². The van der Waals surface area contributed by atoms with E-state index in [1.54, 1.807) is 7.11 Å². The largest absolute Gasteiger partial charge is 0.383 e. The van der Waals surface area contributed by atoms with Gasteiger partial charge in [-0.15, -0.1) is 0 Å². The Labute approximate surface area is 111 Å². The standard InChI is InChI=1S/C16H25NO/c1-16(2,3)13-7-9-14(10-8-13)17-15(11-18-4)12-5-6-12/h7-10,12,15,17H,5-6,11H2,1-4H3. The van der Waals surface area contributed by atoms with E-state index in [0.717, 1.165) is 12.5 Å². The van der Waals surface area contributed by atoms with E-state index in [1.165, 1.54) is 24.1 Å². The molecular weight excluding hydrogens is 222 g/mol. The van der Waals surface area contributed by atoms with E-state index < -0.39 is 0 Å². The SMILES string of the molecule is COCC(Nc1ccc(C(C)(C)C)cc1)C1CC1. The third-order valence-electron chi connectivity index (χ3n) is 3.64. The summed E-state index contributed by atoms with van der Waals surface area (Å²) in [6, 6.07) is 9.28. The van der Waals surface area contributed by atoms with Gasteiger partial charge in [0.1, 0.15) is 0 Å². The summed E-state index contributed by atoms with van der Waals surface area (Å²) in [5.41, 5.74) is 2.81. The summed E-state index contributed by atoms with van der Waals surface area (Å²) in [6.45, 7) is 7.53. The molecule has 1 aliphatic rings. The highest BCUT2D eigenvalue weighted by Gasteiger charge is 2.31. The summed E-state index contributed by atoms with van der Waals surface area (Å²) in [5, 5.41) is 3.60. The van der Waals surface area contributed by atoms with Gasteiger partial charge in [0.15, 0.2) is 0 Å². The molecule has 1 atom stereocenters. The van der Waals surface area contributed by atoms with Crippen LogP contribution in [-0.2, 0) is 10.2 Å². The van der Waals surface area contributed by atoms with Gasteiger partial charge in [0, 0.05) is 12.8 Å². The highest BCUT2D eigenvalue weighted by molar-refractivity contribution is 5.47. The number of benzene rings is 1. The van der Waals surface area contributed by atoms with E-state index in [0.29, 0.717) is 6.04 Å². The lowest BCUT2D eigenvalue weighted by Gasteiger charge is -2.21. The molecule has 0 spiro atoms. The van der Waals surface area contributed by atoms with Crippen LogP contribution in [0.2, 0.25) is 0 Å². The zero-order chi connectivity index (χ0) is 13.2. The van der Waals surface area contributed by atoms with E-state index in [4.69, 9.17) is 4.74 Å². The third kappa shape index (κ3) is 3.49. The molecule has 1 aliphatic carbocycles. The van der Waals surface area contributed by atoms with Crippen LogP contribution in [0.1, 0.15) is 39.2 Å². The van der Waals surface area contributed by atoms with Gasteiger partial charge in [-0.05, 0) is 41.9 Å². The number of hydrogen-bond acceptors (Lipinski definition) is 2. The fraction of sp³-hybridized carbons (Fsp3) is 0.625. The Morgan fingerprint density at radius 3 is 2.28 bits per heavy atom. The molecule has 1 unspecified atom stereocenters. The minimum atomic E-state index is 0.223. The molecule has 2 heteroatoms. The van der Waals surface area contributed by atoms with Gasteiger partial charge in [-0.1, -0.05) is 32.9 Å². The summed E-state index contributed by atoms with van der Waals surface area (Å²) < 4.78 is 5.29. The fourth-order valence-corrected chi connectivity index (χ4v) is 2.25. The third-order valence-corrected chi connectivity index (χ3v) is 3.64. The lowest BCUT2D eigenvalue weighted by Crippen LogP contribution is -2.27. The molecule has 1 aromatic carbocycles. The van der Waals surface area contributed by atoms with Crippen LogP contribution in [0.3, 0.4) is 0 Å². The summed E-state index contributed by atoms with van der Waals surface area (Å²) >= 11 is 0. The lowest BCUT2D eigenvalue weighted by molar-refractivity contribution is 0.179. The monoisotopic (exact) mass is 247 g/mol. The van der Waals surface area contributed by atoms with Crippen LogP contribution in [0.25, 0.3) is 0 Å². The van der Waals surface area contributed by atoms with Crippen molar-refractivity contribution in [3.05, 3.63) is 29.8 Å². The summed E-state index contributed by atoms with van der Waals surface area (Å²) in [6.07, 6.45) is 2.67. The first-order chi connectivity index (χ1) is 8.50. The normalized spacial score (nSPS) is 17.6. The van der Waals surface area contributed by atoms with Gasteiger partial charge in [-0.25, -0.2) is 0 Å². The first kappa shape index (κ1) is 13.4. The maximum atomic E-state index is 5.29. The van der Waals surface area contributed by atoms with E-state index in [9.17, 15) is 0 Å². The van der Waals surface area contributed by atoms with Gasteiger partial charge in [0.2, 0.25) is 0 Å². The summed E-state index contributed by atoms with van der Waals surface area (Å²) in [4.78, 5) is 0. The molecule has 1 fully saturated rings. The van der Waals surface area contributed by atoms with Crippen molar-refractivity contribution in [1.29, 1.82) is 0 Å². The molecule has 1 aromatic rings. The number of methoxy groups -OCH3 is 1. The van der Waals surface area contributed by atoms with Crippen LogP contribution in [0.4, 0.5) is 5.69 Å². The molecule has 0 heterocycles. The van der Waals surface area contributed by atoms with E-state index >= 15 is 0 Å². The zero-order valence-electron chi connectivity index (χ0n) is 12.0. The van der Waals surface area contributed by atoms with Crippen LogP contribution < -0.4 is 5.32 Å². The minimum absolute atomic E-state index is 0.223. The number of nitrogens with one attached hydrogen (secondary N) is 1. The summed E-state index contributed by atoms with van der Waals surface area (Å²) in [5.74, 6) is 0.798. The molecule has 0 aliphatic heterocycles. The molecular formula is C16H25NO. The van der Waals surface area contributed by atoms with Crippen molar-refractivity contribution in [2.24, 2.45) is 5.92 Å². The molecule has 18 heavy (non-hydrogen) atoms. The molecule has 0 aromatic heterocycles. The zero-order valence-corrected chi connectivity index (χ0v) is 12.0. The Morgan fingerprint density at radius 2 is 1.83 bits per heavy atom. The smallest absolute Gasteiger partial charge is 0.0666 e. The Kier molecular flexibility index (Phi) is 3.96. The molecule has 0 bridgehead atoms. The number of rotatable bonds is 5. The second-order valence-corrected chi connectivity index (χ2v) is 6.37. The topological polar surface area (TPSA) is 21.3 Å². The molecule has 0 saturated heterocycles. The molecule has 100 valence electrons. The average Bonchev–Trinajstić information content (AvgIpc) is 3.12. The van der Waals surface area contributed by atoms with Crippen molar-refractivity contribution in [1.82, 2.24) is 0 Å². The molecule has 0 radical (unpaired) electrons. The number of anilines is 1. The number of ether oxygens (including phenoxy) is 1. The average molecular weight is 247 g/mol. The van der Waals surface area contributed by atoms with E-state index in [2.05, 4.69) is 50.4 Å². The van der Waals surface area contributed by atoms with Crippen LogP contribution in [-0.4, -0.2) is 19.8 Å². The highest BCUT2D eigenvalue weighted by Crippen LogP contribution is 2.34. The second kappa shape index (κ2) is 5.31. The molecule has 2 rings (SSSR count). The van der Waals surface area contributed by atoms with Crippen LogP contribution >= 0.6 is 0 Å². The van der Waals surface area contributed by atoms with Crippen molar-refractivity contribution in [2.75, 3.05) is 19.0 Å². The van der Waals surface area contributed by atoms with Gasteiger partial charge in [0.25, 0.3) is 0 Å². The molecule has 0 amide bonds. The highest BCUT2D eigenvalue weighted by atomic mass is 16.5. The van der Waals surface area contributed by atoms with E-state index in [-0.39, 0.29) is 5.41 Å². The van der Waals surface area contributed by atoms with Crippen molar-refractivity contribution in [2.45, 2.75) is 45.1 Å². The predicted molar refractivity (Wildman–Crippen MR) is 77.2 cm³/mol. The Bertz CT molecular complexity index is 373. The Hall–Kier alpha value is -1.02. The van der Waals surface area contributed by atoms with Gasteiger partial charge >= 0.3 is 0 Å². The fourth-order valence-electron chi connectivity index (χ4n) is 2.25. The quantitative estimate of drug-likeness (QED) is 0.854. The summed E-state index contributed by atoms with van der Waals surface area (Å²) in [7, 11) is 1.78. The van der Waals surface area contributed by atoms with Crippen molar-refractivity contribution in [3.63, 3.8) is 0 Å². The first-order valence-corrected chi connectivity index (χ1v) is 6.87. The second-order valence-electron chi connectivity index (χ2n) is 6.37. The van der Waals surface area contributed by atoms with Gasteiger partial charge in [-0.2, -0.15) is 0 Å². The number of hydrogen-bond donors (Lipinski definition) is 1. The molecule has 2 nitrogen and oxygen atoms in total. The molecule has 1 saturated carbocycles. The predicted octanol–water partition coefficient (Wildman–Crippen LogP) is 3.82. The van der Waals surface area contributed by atoms with Gasteiger partial charge < -0.3 is 10.1 Å². The maximum Gasteiger partial charge on any atom is 0.0666 e. The van der Waals surface area contributed by atoms with E-state index in [1.807, 2.05) is 0 Å². The molecule has 1 N–H and O–H groups in total. The van der Waals surface area contributed by atoms with Crippen molar-refractivity contribution < 1.29 is 4.74 Å². The first-order valence-electron chi connectivity index (χ1n) is 6.87.